The minimum Gasteiger partial charge on any atom is -0.492 e. The highest BCUT2D eigenvalue weighted by Gasteiger charge is 2.02. The van der Waals surface area contributed by atoms with Crippen LogP contribution in [-0.2, 0) is 13.0 Å². The van der Waals surface area contributed by atoms with Crippen molar-refractivity contribution in [3.05, 3.63) is 44.8 Å². The molecule has 0 saturated carbocycles. The smallest absolute Gasteiger partial charge is 0.191 e. The molecule has 0 saturated heterocycles. The van der Waals surface area contributed by atoms with Gasteiger partial charge < -0.3 is 15.4 Å². The predicted octanol–water partition coefficient (Wildman–Crippen LogP) is 3.83. The average Bonchev–Trinajstić information content (AvgIpc) is 3.04. The van der Waals surface area contributed by atoms with E-state index in [0.717, 1.165) is 27.6 Å². The summed E-state index contributed by atoms with van der Waals surface area (Å²) in [5.41, 5.74) is 0. The van der Waals surface area contributed by atoms with E-state index in [0.29, 0.717) is 19.7 Å². The molecule has 2 N–H and O–H groups in total. The predicted molar refractivity (Wildman–Crippen MR) is 115 cm³/mol. The van der Waals surface area contributed by atoms with Crippen LogP contribution in [0.3, 0.4) is 0 Å². The van der Waals surface area contributed by atoms with Crippen molar-refractivity contribution in [1.29, 1.82) is 0 Å². The minimum atomic E-state index is 0. The number of rotatable bonds is 7. The summed E-state index contributed by atoms with van der Waals surface area (Å²) in [6.07, 6.45) is 2.96. The Labute approximate surface area is 172 Å². The monoisotopic (exact) mass is 524 g/mol. The lowest BCUT2D eigenvalue weighted by atomic mass is 10.3. The van der Waals surface area contributed by atoms with E-state index in [4.69, 9.17) is 4.74 Å². The van der Waals surface area contributed by atoms with Gasteiger partial charge in [0, 0.05) is 22.6 Å². The van der Waals surface area contributed by atoms with Crippen molar-refractivity contribution in [1.82, 2.24) is 15.6 Å². The molecule has 0 aliphatic rings. The Hall–Kier alpha value is -0.870. The van der Waals surface area contributed by atoms with Crippen LogP contribution >= 0.6 is 51.2 Å². The number of guanidine groups is 1. The molecule has 0 unspecified atom stereocenters. The Morgan fingerprint density at radius 3 is 2.67 bits per heavy atom. The fraction of sp³-hybridized carbons (Fsp3) is 0.375. The normalized spacial score (nSPS) is 10.9. The Morgan fingerprint density at radius 1 is 1.29 bits per heavy atom. The van der Waals surface area contributed by atoms with Crippen LogP contribution in [-0.4, -0.2) is 31.1 Å². The van der Waals surface area contributed by atoms with Crippen molar-refractivity contribution >= 4 is 57.2 Å². The number of nitrogens with one attached hydrogen (secondary N) is 2. The number of ether oxygens (including phenoxy) is 1. The number of aromatic nitrogens is 1. The van der Waals surface area contributed by atoms with Crippen LogP contribution < -0.4 is 15.4 Å². The molecule has 0 amide bonds. The number of aryl methyl sites for hydroxylation is 1. The lowest BCUT2D eigenvalue weighted by Crippen LogP contribution is -2.38. The lowest BCUT2D eigenvalue weighted by Gasteiger charge is -2.11. The molecule has 0 fully saturated rings. The second-order valence-corrected chi connectivity index (χ2v) is 6.84. The van der Waals surface area contributed by atoms with Crippen molar-refractivity contribution in [3.63, 3.8) is 0 Å². The van der Waals surface area contributed by atoms with Crippen LogP contribution in [0.2, 0.25) is 0 Å². The maximum atomic E-state index is 5.66. The number of aliphatic imine (C=N–C) groups is 1. The largest absolute Gasteiger partial charge is 0.492 e. The maximum absolute atomic E-state index is 5.66. The zero-order valence-electron chi connectivity index (χ0n) is 13.7. The summed E-state index contributed by atoms with van der Waals surface area (Å²) in [7, 11) is 1.75. The van der Waals surface area contributed by atoms with Gasteiger partial charge in [-0.1, -0.05) is 22.9 Å². The molecule has 24 heavy (non-hydrogen) atoms. The first kappa shape index (κ1) is 21.2. The van der Waals surface area contributed by atoms with E-state index in [-0.39, 0.29) is 24.0 Å². The van der Waals surface area contributed by atoms with Crippen LogP contribution in [0.25, 0.3) is 0 Å². The fourth-order valence-electron chi connectivity index (χ4n) is 1.84. The van der Waals surface area contributed by atoms with Gasteiger partial charge in [0.2, 0.25) is 0 Å². The molecule has 8 heteroatoms. The summed E-state index contributed by atoms with van der Waals surface area (Å²) in [4.78, 5) is 9.88. The standard InChI is InChI=1S/C16H21BrN4OS.HI/c1-3-14-10-20-15(23-14)11-21-16(18-2)19-8-9-22-13-6-4-12(17)5-7-13;/h4-7,10H,3,8-9,11H2,1-2H3,(H2,18,19,21);1H. The number of benzene rings is 1. The third-order valence-corrected chi connectivity index (χ3v) is 4.73. The first-order valence-corrected chi connectivity index (χ1v) is 9.08. The zero-order valence-corrected chi connectivity index (χ0v) is 18.4. The molecule has 0 aliphatic carbocycles. The van der Waals surface area contributed by atoms with Gasteiger partial charge in [-0.15, -0.1) is 35.3 Å². The molecule has 0 aliphatic heterocycles. The van der Waals surface area contributed by atoms with E-state index < -0.39 is 0 Å². The van der Waals surface area contributed by atoms with Crippen LogP contribution in [0, 0.1) is 0 Å². The van der Waals surface area contributed by atoms with Gasteiger partial charge in [0.1, 0.15) is 17.4 Å². The summed E-state index contributed by atoms with van der Waals surface area (Å²) in [6.45, 7) is 4.06. The highest BCUT2D eigenvalue weighted by molar-refractivity contribution is 14.0. The third kappa shape index (κ3) is 7.35. The molecule has 132 valence electrons. The number of nitrogens with zero attached hydrogens (tertiary/aromatic N) is 2. The number of hydrogen-bond donors (Lipinski definition) is 2. The molecule has 0 bridgehead atoms. The molecule has 0 atom stereocenters. The Balaban J connectivity index is 0.00000288. The lowest BCUT2D eigenvalue weighted by molar-refractivity contribution is 0.322. The van der Waals surface area contributed by atoms with E-state index in [1.54, 1.807) is 18.4 Å². The molecule has 1 aromatic heterocycles. The first-order valence-electron chi connectivity index (χ1n) is 7.47. The Bertz CT molecular complexity index is 633. The summed E-state index contributed by atoms with van der Waals surface area (Å²) >= 11 is 5.13. The van der Waals surface area contributed by atoms with E-state index in [1.165, 1.54) is 4.88 Å². The molecule has 2 aromatic rings. The van der Waals surface area contributed by atoms with Crippen molar-refractivity contribution in [2.45, 2.75) is 19.9 Å². The third-order valence-electron chi connectivity index (χ3n) is 3.06. The van der Waals surface area contributed by atoms with E-state index in [2.05, 4.69) is 43.5 Å². The number of halogens is 2. The van der Waals surface area contributed by atoms with Crippen molar-refractivity contribution in [3.8, 4) is 5.75 Å². The summed E-state index contributed by atoms with van der Waals surface area (Å²) in [6, 6.07) is 7.79. The van der Waals surface area contributed by atoms with Crippen molar-refractivity contribution < 1.29 is 4.74 Å². The quantitative estimate of drug-likeness (QED) is 0.250. The van der Waals surface area contributed by atoms with Gasteiger partial charge in [-0.05, 0) is 30.7 Å². The van der Waals surface area contributed by atoms with Crippen LogP contribution in [0.1, 0.15) is 16.8 Å². The van der Waals surface area contributed by atoms with Gasteiger partial charge in [-0.2, -0.15) is 0 Å². The van der Waals surface area contributed by atoms with E-state index in [9.17, 15) is 0 Å². The van der Waals surface area contributed by atoms with Gasteiger partial charge in [0.15, 0.2) is 5.96 Å². The van der Waals surface area contributed by atoms with Gasteiger partial charge >= 0.3 is 0 Å². The fourth-order valence-corrected chi connectivity index (χ4v) is 2.91. The van der Waals surface area contributed by atoms with Crippen molar-refractivity contribution in [2.75, 3.05) is 20.2 Å². The van der Waals surface area contributed by atoms with Gasteiger partial charge in [0.25, 0.3) is 0 Å². The highest BCUT2D eigenvalue weighted by Crippen LogP contribution is 2.15. The van der Waals surface area contributed by atoms with Gasteiger partial charge in [-0.3, -0.25) is 4.99 Å². The van der Waals surface area contributed by atoms with Crippen LogP contribution in [0.5, 0.6) is 5.75 Å². The zero-order chi connectivity index (χ0) is 16.5. The maximum Gasteiger partial charge on any atom is 0.191 e. The molecule has 1 aromatic carbocycles. The molecule has 0 radical (unpaired) electrons. The van der Waals surface area contributed by atoms with Crippen LogP contribution in [0.15, 0.2) is 39.9 Å². The minimum absolute atomic E-state index is 0. The first-order chi connectivity index (χ1) is 11.2. The number of hydrogen-bond acceptors (Lipinski definition) is 4. The van der Waals surface area contributed by atoms with E-state index >= 15 is 0 Å². The second-order valence-electron chi connectivity index (χ2n) is 4.73. The van der Waals surface area contributed by atoms with E-state index in [1.807, 2.05) is 30.5 Å². The topological polar surface area (TPSA) is 58.5 Å². The molecule has 1 heterocycles. The van der Waals surface area contributed by atoms with Gasteiger partial charge in [-0.25, -0.2) is 4.98 Å². The Kier molecular flexibility index (Phi) is 10.3. The highest BCUT2D eigenvalue weighted by atomic mass is 127. The number of thiazole rings is 1. The SMILES string of the molecule is CCc1cnc(CNC(=NC)NCCOc2ccc(Br)cc2)s1.I. The average molecular weight is 525 g/mol. The van der Waals surface area contributed by atoms with Crippen LogP contribution in [0.4, 0.5) is 0 Å². The Morgan fingerprint density at radius 2 is 2.04 bits per heavy atom. The van der Waals surface area contributed by atoms with Gasteiger partial charge in [0.05, 0.1) is 13.1 Å². The molecule has 2 rings (SSSR count). The second kappa shape index (κ2) is 11.6. The summed E-state index contributed by atoms with van der Waals surface area (Å²) in [5.74, 6) is 1.60. The summed E-state index contributed by atoms with van der Waals surface area (Å²) < 4.78 is 6.70. The van der Waals surface area contributed by atoms with Crippen molar-refractivity contribution in [2.24, 2.45) is 4.99 Å². The molecular weight excluding hydrogens is 503 g/mol. The molecule has 0 spiro atoms. The molecule has 5 nitrogen and oxygen atoms in total. The molecular formula is C16H22BrIN4OS. The summed E-state index contributed by atoms with van der Waals surface area (Å²) in [5, 5.41) is 7.54.